The van der Waals surface area contributed by atoms with Crippen molar-refractivity contribution in [2.24, 2.45) is 0 Å². The molecular weight excluding hydrogens is 406 g/mol. The summed E-state index contributed by atoms with van der Waals surface area (Å²) in [4.78, 5) is 23.1. The van der Waals surface area contributed by atoms with Crippen LogP contribution in [0.15, 0.2) is 47.4 Å². The second-order valence-electron chi connectivity index (χ2n) is 6.10. The van der Waals surface area contributed by atoms with Crippen LogP contribution >= 0.6 is 0 Å². The van der Waals surface area contributed by atoms with E-state index >= 15 is 0 Å². The van der Waals surface area contributed by atoms with Gasteiger partial charge >= 0.3 is 0 Å². The molecule has 0 fully saturated rings. The van der Waals surface area contributed by atoms with Crippen molar-refractivity contribution in [1.82, 2.24) is 14.8 Å². The average Bonchev–Trinajstić information content (AvgIpc) is 2.94. The number of carbonyl (C=O) groups is 2. The number of carbonyl (C=O) groups excluding carboxylic acids is 2. The summed E-state index contributed by atoms with van der Waals surface area (Å²) in [6.45, 7) is -0.0714. The van der Waals surface area contributed by atoms with Gasteiger partial charge in [-0.15, -0.1) is 0 Å². The minimum absolute atomic E-state index is 0.00662. The van der Waals surface area contributed by atoms with E-state index < -0.39 is 31.9 Å². The Morgan fingerprint density at radius 1 is 0.893 bits per heavy atom. The fourth-order valence-electron chi connectivity index (χ4n) is 2.70. The number of sulfonamides is 2. The van der Waals surface area contributed by atoms with Crippen LogP contribution in [-0.4, -0.2) is 35.7 Å². The standard InChI is InChI=1S/C17H17N3O6S2/c1-18-27(23,24)10-12-4-2-3-11(7-12)9-19-28(25,26)13-5-6-14-15(8-13)17(22)20-16(14)21/h2-8,18-19H,9-10H2,1H3,(H,20,21,22). The summed E-state index contributed by atoms with van der Waals surface area (Å²) in [5.74, 6) is -1.43. The third kappa shape index (κ3) is 4.28. The molecule has 1 aliphatic heterocycles. The van der Waals surface area contributed by atoms with Crippen LogP contribution in [0, 0.1) is 0 Å². The number of nitrogens with one attached hydrogen (secondary N) is 3. The molecule has 0 spiro atoms. The lowest BCUT2D eigenvalue weighted by atomic mass is 10.1. The zero-order valence-corrected chi connectivity index (χ0v) is 16.4. The lowest BCUT2D eigenvalue weighted by Gasteiger charge is -2.09. The number of benzene rings is 2. The van der Waals surface area contributed by atoms with Crippen LogP contribution in [0.3, 0.4) is 0 Å². The first-order valence-electron chi connectivity index (χ1n) is 8.10. The molecule has 3 rings (SSSR count). The zero-order valence-electron chi connectivity index (χ0n) is 14.7. The molecule has 0 saturated carbocycles. The first kappa shape index (κ1) is 20.1. The van der Waals surface area contributed by atoms with Crippen molar-refractivity contribution in [2.75, 3.05) is 7.05 Å². The van der Waals surface area contributed by atoms with E-state index in [1.54, 1.807) is 24.3 Å². The van der Waals surface area contributed by atoms with Crippen molar-refractivity contribution in [1.29, 1.82) is 0 Å². The molecule has 1 aliphatic rings. The Labute approximate surface area is 162 Å². The molecule has 0 unspecified atom stereocenters. The number of fused-ring (bicyclic) bond motifs is 1. The van der Waals surface area contributed by atoms with Crippen LogP contribution < -0.4 is 14.8 Å². The molecule has 2 amide bonds. The Hall–Kier alpha value is -2.60. The van der Waals surface area contributed by atoms with Gasteiger partial charge in [0.05, 0.1) is 21.8 Å². The minimum atomic E-state index is -3.95. The van der Waals surface area contributed by atoms with E-state index in [4.69, 9.17) is 0 Å². The van der Waals surface area contributed by atoms with Crippen molar-refractivity contribution in [3.8, 4) is 0 Å². The van der Waals surface area contributed by atoms with Crippen molar-refractivity contribution in [3.05, 3.63) is 64.7 Å². The summed E-state index contributed by atoms with van der Waals surface area (Å²) in [5.41, 5.74) is 1.22. The Bertz CT molecular complexity index is 1170. The van der Waals surface area contributed by atoms with Crippen LogP contribution in [0.5, 0.6) is 0 Å². The topological polar surface area (TPSA) is 139 Å². The fraction of sp³-hybridized carbons (Fsp3) is 0.176. The third-order valence-electron chi connectivity index (χ3n) is 4.14. The molecule has 1 heterocycles. The summed E-state index contributed by atoms with van der Waals surface area (Å²) < 4.78 is 53.0. The molecule has 9 nitrogen and oxygen atoms in total. The highest BCUT2D eigenvalue weighted by Gasteiger charge is 2.28. The zero-order chi connectivity index (χ0) is 20.5. The van der Waals surface area contributed by atoms with Gasteiger partial charge in [-0.2, -0.15) is 0 Å². The molecule has 2 aromatic rings. The van der Waals surface area contributed by atoms with E-state index in [1.807, 2.05) is 0 Å². The van der Waals surface area contributed by atoms with Gasteiger partial charge in [-0.05, 0) is 36.4 Å². The average molecular weight is 423 g/mol. The lowest BCUT2D eigenvalue weighted by molar-refractivity contribution is 0.0879. The highest BCUT2D eigenvalue weighted by molar-refractivity contribution is 7.89. The van der Waals surface area contributed by atoms with Gasteiger partial charge < -0.3 is 0 Å². The number of hydrogen-bond donors (Lipinski definition) is 3. The molecular formula is C17H17N3O6S2. The number of imide groups is 1. The van der Waals surface area contributed by atoms with E-state index in [9.17, 15) is 26.4 Å². The molecule has 28 heavy (non-hydrogen) atoms. The van der Waals surface area contributed by atoms with Gasteiger partial charge in [0, 0.05) is 6.54 Å². The molecule has 0 radical (unpaired) electrons. The normalized spacial score (nSPS) is 14.0. The van der Waals surface area contributed by atoms with Crippen LogP contribution in [0.2, 0.25) is 0 Å². The Kier molecular flexibility index (Phi) is 5.35. The monoisotopic (exact) mass is 423 g/mol. The molecule has 0 aromatic heterocycles. The van der Waals surface area contributed by atoms with Gasteiger partial charge in [0.15, 0.2) is 0 Å². The SMILES string of the molecule is CNS(=O)(=O)Cc1cccc(CNS(=O)(=O)c2ccc3c(c2)C(=O)NC3=O)c1. The van der Waals surface area contributed by atoms with Crippen LogP contribution in [-0.2, 0) is 32.3 Å². The molecule has 3 N–H and O–H groups in total. The summed E-state index contributed by atoms with van der Waals surface area (Å²) in [7, 11) is -6.07. The molecule has 0 atom stereocenters. The fourth-order valence-corrected chi connectivity index (χ4v) is 4.50. The quantitative estimate of drug-likeness (QED) is 0.540. The number of hydrogen-bond acceptors (Lipinski definition) is 6. The Morgan fingerprint density at radius 2 is 1.57 bits per heavy atom. The number of amides is 2. The Balaban J connectivity index is 1.77. The molecule has 2 aromatic carbocycles. The lowest BCUT2D eigenvalue weighted by Crippen LogP contribution is -2.24. The van der Waals surface area contributed by atoms with Gasteiger partial charge in [-0.1, -0.05) is 24.3 Å². The van der Waals surface area contributed by atoms with Crippen LogP contribution in [0.1, 0.15) is 31.8 Å². The maximum Gasteiger partial charge on any atom is 0.258 e. The summed E-state index contributed by atoms with van der Waals surface area (Å²) in [6.07, 6.45) is 0. The second kappa shape index (κ2) is 7.43. The summed E-state index contributed by atoms with van der Waals surface area (Å²) in [5, 5.41) is 2.10. The van der Waals surface area contributed by atoms with Crippen molar-refractivity contribution in [2.45, 2.75) is 17.2 Å². The van der Waals surface area contributed by atoms with Crippen molar-refractivity contribution < 1.29 is 26.4 Å². The molecule has 11 heteroatoms. The molecule has 0 saturated heterocycles. The van der Waals surface area contributed by atoms with Gasteiger partial charge in [0.1, 0.15) is 0 Å². The molecule has 0 bridgehead atoms. The van der Waals surface area contributed by atoms with E-state index in [2.05, 4.69) is 14.8 Å². The van der Waals surface area contributed by atoms with Gasteiger partial charge in [0.2, 0.25) is 20.0 Å². The third-order valence-corrected chi connectivity index (χ3v) is 6.88. The largest absolute Gasteiger partial charge is 0.288 e. The van der Waals surface area contributed by atoms with Crippen molar-refractivity contribution in [3.63, 3.8) is 0 Å². The highest BCUT2D eigenvalue weighted by Crippen LogP contribution is 2.20. The van der Waals surface area contributed by atoms with Crippen LogP contribution in [0.25, 0.3) is 0 Å². The van der Waals surface area contributed by atoms with Gasteiger partial charge in [0.25, 0.3) is 11.8 Å². The van der Waals surface area contributed by atoms with E-state index in [-0.39, 0.29) is 28.3 Å². The Morgan fingerprint density at radius 3 is 2.29 bits per heavy atom. The highest BCUT2D eigenvalue weighted by atomic mass is 32.2. The van der Waals surface area contributed by atoms with E-state index in [0.717, 1.165) is 6.07 Å². The minimum Gasteiger partial charge on any atom is -0.288 e. The predicted molar refractivity (Wildman–Crippen MR) is 100 cm³/mol. The molecule has 148 valence electrons. The maximum absolute atomic E-state index is 12.5. The smallest absolute Gasteiger partial charge is 0.258 e. The van der Waals surface area contributed by atoms with Gasteiger partial charge in [-0.25, -0.2) is 26.3 Å². The second-order valence-corrected chi connectivity index (χ2v) is 9.79. The maximum atomic E-state index is 12.5. The first-order valence-corrected chi connectivity index (χ1v) is 11.2. The van der Waals surface area contributed by atoms with Gasteiger partial charge in [-0.3, -0.25) is 14.9 Å². The molecule has 0 aliphatic carbocycles. The number of rotatable bonds is 7. The first-order chi connectivity index (χ1) is 13.1. The summed E-state index contributed by atoms with van der Waals surface area (Å²) in [6, 6.07) is 10.2. The van der Waals surface area contributed by atoms with Crippen LogP contribution in [0.4, 0.5) is 0 Å². The van der Waals surface area contributed by atoms with Crippen molar-refractivity contribution >= 4 is 31.9 Å². The van der Waals surface area contributed by atoms with E-state index in [1.165, 1.54) is 19.2 Å². The summed E-state index contributed by atoms with van der Waals surface area (Å²) >= 11 is 0. The van der Waals surface area contributed by atoms with E-state index in [0.29, 0.717) is 11.1 Å². The predicted octanol–water partition coefficient (Wildman–Crippen LogP) is 0.0979.